The lowest BCUT2D eigenvalue weighted by atomic mass is 10.1. The summed E-state index contributed by atoms with van der Waals surface area (Å²) in [5.74, 6) is -0.217. The molecule has 3 heterocycles. The van der Waals surface area contributed by atoms with E-state index >= 15 is 0 Å². The van der Waals surface area contributed by atoms with Crippen molar-refractivity contribution in [1.29, 1.82) is 0 Å². The summed E-state index contributed by atoms with van der Waals surface area (Å²) >= 11 is 0. The first-order valence-electron chi connectivity index (χ1n) is 8.66. The second-order valence-electron chi connectivity index (χ2n) is 6.62. The summed E-state index contributed by atoms with van der Waals surface area (Å²) < 4.78 is 32.1. The number of aromatic amines is 1. The molecule has 2 aliphatic rings. The predicted octanol–water partition coefficient (Wildman–Crippen LogP) is 1.63. The first kappa shape index (κ1) is 17.3. The van der Waals surface area contributed by atoms with E-state index in [0.29, 0.717) is 26.3 Å². The van der Waals surface area contributed by atoms with E-state index < -0.39 is 10.0 Å². The van der Waals surface area contributed by atoms with E-state index in [1.165, 1.54) is 16.6 Å². The number of aromatic nitrogens is 1. The molecular formula is C18H21N3O4S. The molecular weight excluding hydrogens is 354 g/mol. The lowest BCUT2D eigenvalue weighted by Gasteiger charge is -2.25. The summed E-state index contributed by atoms with van der Waals surface area (Å²) in [6.45, 7) is 3.42. The lowest BCUT2D eigenvalue weighted by Crippen LogP contribution is -2.40. The van der Waals surface area contributed by atoms with Crippen LogP contribution in [0.3, 0.4) is 0 Å². The number of anilines is 1. The summed E-state index contributed by atoms with van der Waals surface area (Å²) in [6, 6.07) is 9.26. The molecule has 8 heteroatoms. The van der Waals surface area contributed by atoms with Crippen molar-refractivity contribution in [2.45, 2.75) is 24.3 Å². The average Bonchev–Trinajstić information content (AvgIpc) is 3.26. The Morgan fingerprint density at radius 3 is 2.73 bits per heavy atom. The van der Waals surface area contributed by atoms with Gasteiger partial charge in [0, 0.05) is 31.0 Å². The molecule has 1 aromatic heterocycles. The number of hydrogen-bond acceptors (Lipinski definition) is 4. The van der Waals surface area contributed by atoms with Gasteiger partial charge < -0.3 is 14.6 Å². The number of sulfonamides is 1. The minimum atomic E-state index is -3.62. The highest BCUT2D eigenvalue weighted by Crippen LogP contribution is 2.33. The molecule has 0 aliphatic carbocycles. The molecule has 0 bridgehead atoms. The van der Waals surface area contributed by atoms with Gasteiger partial charge in [0.1, 0.15) is 10.6 Å². The number of ether oxygens (including phenoxy) is 1. The third-order valence-electron chi connectivity index (χ3n) is 4.92. The van der Waals surface area contributed by atoms with Gasteiger partial charge in [0.05, 0.1) is 13.2 Å². The van der Waals surface area contributed by atoms with Crippen molar-refractivity contribution < 1.29 is 17.9 Å². The van der Waals surface area contributed by atoms with Crippen LogP contribution in [0.1, 0.15) is 23.0 Å². The van der Waals surface area contributed by atoms with Crippen molar-refractivity contribution in [3.63, 3.8) is 0 Å². The third kappa shape index (κ3) is 2.84. The molecule has 1 unspecified atom stereocenters. The van der Waals surface area contributed by atoms with Crippen LogP contribution in [0.2, 0.25) is 0 Å². The van der Waals surface area contributed by atoms with Crippen molar-refractivity contribution >= 4 is 21.6 Å². The van der Waals surface area contributed by atoms with Crippen LogP contribution in [0, 0.1) is 0 Å². The molecule has 0 spiro atoms. The summed E-state index contributed by atoms with van der Waals surface area (Å²) in [7, 11) is -3.62. The highest BCUT2D eigenvalue weighted by Gasteiger charge is 2.33. The zero-order chi connectivity index (χ0) is 18.3. The van der Waals surface area contributed by atoms with E-state index in [2.05, 4.69) is 4.98 Å². The maximum Gasteiger partial charge on any atom is 0.274 e. The third-order valence-corrected chi connectivity index (χ3v) is 6.80. The molecule has 1 aromatic carbocycles. The number of H-pyrrole nitrogens is 1. The molecule has 0 radical (unpaired) electrons. The predicted molar refractivity (Wildman–Crippen MR) is 96.8 cm³/mol. The van der Waals surface area contributed by atoms with Crippen molar-refractivity contribution in [2.24, 2.45) is 0 Å². The fraction of sp³-hybridized carbons (Fsp3) is 0.389. The molecule has 0 saturated carbocycles. The van der Waals surface area contributed by atoms with E-state index in [0.717, 1.165) is 17.7 Å². The number of nitrogens with zero attached hydrogens (tertiary/aromatic N) is 2. The summed E-state index contributed by atoms with van der Waals surface area (Å²) in [5, 5.41) is 0. The highest BCUT2D eigenvalue weighted by atomic mass is 32.2. The number of rotatable bonds is 3. The number of para-hydroxylation sites is 1. The Balaban J connectivity index is 1.61. The molecule has 2 aliphatic heterocycles. The van der Waals surface area contributed by atoms with Gasteiger partial charge in [-0.15, -0.1) is 0 Å². The Hall–Kier alpha value is -2.16. The van der Waals surface area contributed by atoms with E-state index in [-0.39, 0.29) is 22.5 Å². The Kier molecular flexibility index (Phi) is 4.34. The van der Waals surface area contributed by atoms with Crippen LogP contribution in [0.5, 0.6) is 0 Å². The van der Waals surface area contributed by atoms with Gasteiger partial charge in [-0.05, 0) is 31.0 Å². The van der Waals surface area contributed by atoms with E-state index in [1.807, 2.05) is 31.2 Å². The SMILES string of the molecule is CC1Cc2ccccc2N1C(=O)c1cc(S(=O)(=O)N2CCOCC2)c[nH]1. The first-order valence-corrected chi connectivity index (χ1v) is 10.1. The number of morpholine rings is 1. The summed E-state index contributed by atoms with van der Waals surface area (Å²) in [5.41, 5.74) is 2.29. The second kappa shape index (κ2) is 6.53. The zero-order valence-corrected chi connectivity index (χ0v) is 15.3. The minimum absolute atomic E-state index is 0.0301. The standard InChI is InChI=1S/C18H21N3O4S/c1-13-10-14-4-2-3-5-17(14)21(13)18(22)16-11-15(12-19-16)26(23,24)20-6-8-25-9-7-20/h2-5,11-13,19H,6-10H2,1H3. The van der Waals surface area contributed by atoms with Gasteiger partial charge in [-0.2, -0.15) is 4.31 Å². The fourth-order valence-corrected chi connectivity index (χ4v) is 4.99. The smallest absolute Gasteiger partial charge is 0.274 e. The number of hydrogen-bond donors (Lipinski definition) is 1. The summed E-state index contributed by atoms with van der Waals surface area (Å²) in [6.07, 6.45) is 2.19. The number of carbonyl (C=O) groups is 1. The second-order valence-corrected chi connectivity index (χ2v) is 8.56. The van der Waals surface area contributed by atoms with Crippen LogP contribution in [0.4, 0.5) is 5.69 Å². The molecule has 138 valence electrons. The molecule has 2 aromatic rings. The molecule has 1 N–H and O–H groups in total. The Labute approximate surface area is 152 Å². The molecule has 1 fully saturated rings. The van der Waals surface area contributed by atoms with E-state index in [4.69, 9.17) is 4.74 Å². The normalized spacial score (nSPS) is 21.0. The topological polar surface area (TPSA) is 82.7 Å². The van der Waals surface area contributed by atoms with Crippen LogP contribution >= 0.6 is 0 Å². The Morgan fingerprint density at radius 2 is 1.96 bits per heavy atom. The van der Waals surface area contributed by atoms with Crippen molar-refractivity contribution in [1.82, 2.24) is 9.29 Å². The van der Waals surface area contributed by atoms with Gasteiger partial charge in [-0.3, -0.25) is 4.79 Å². The largest absolute Gasteiger partial charge is 0.379 e. The molecule has 4 rings (SSSR count). The van der Waals surface area contributed by atoms with Gasteiger partial charge in [0.25, 0.3) is 5.91 Å². The Bertz CT molecular complexity index is 931. The van der Waals surface area contributed by atoms with Gasteiger partial charge >= 0.3 is 0 Å². The Morgan fingerprint density at radius 1 is 1.23 bits per heavy atom. The number of fused-ring (bicyclic) bond motifs is 1. The number of amides is 1. The monoisotopic (exact) mass is 375 g/mol. The summed E-state index contributed by atoms with van der Waals surface area (Å²) in [4.78, 5) is 17.7. The van der Waals surface area contributed by atoms with Crippen LogP contribution < -0.4 is 4.90 Å². The first-order chi connectivity index (χ1) is 12.5. The van der Waals surface area contributed by atoms with Crippen LogP contribution in [0.15, 0.2) is 41.4 Å². The maximum absolute atomic E-state index is 13.0. The minimum Gasteiger partial charge on any atom is -0.379 e. The van der Waals surface area contributed by atoms with Gasteiger partial charge in [0.2, 0.25) is 10.0 Å². The number of nitrogens with one attached hydrogen (secondary N) is 1. The average molecular weight is 375 g/mol. The molecule has 1 atom stereocenters. The number of benzene rings is 1. The van der Waals surface area contributed by atoms with Crippen LogP contribution in [-0.4, -0.2) is 56.0 Å². The fourth-order valence-electron chi connectivity index (χ4n) is 3.59. The van der Waals surface area contributed by atoms with Gasteiger partial charge in [0.15, 0.2) is 0 Å². The van der Waals surface area contributed by atoms with Crippen LogP contribution in [-0.2, 0) is 21.2 Å². The quantitative estimate of drug-likeness (QED) is 0.884. The molecule has 1 amide bonds. The van der Waals surface area contributed by atoms with Crippen molar-refractivity contribution in [3.05, 3.63) is 47.8 Å². The van der Waals surface area contributed by atoms with Crippen LogP contribution in [0.25, 0.3) is 0 Å². The van der Waals surface area contributed by atoms with E-state index in [9.17, 15) is 13.2 Å². The maximum atomic E-state index is 13.0. The molecule has 7 nitrogen and oxygen atoms in total. The highest BCUT2D eigenvalue weighted by molar-refractivity contribution is 7.89. The lowest BCUT2D eigenvalue weighted by molar-refractivity contribution is 0.0730. The zero-order valence-electron chi connectivity index (χ0n) is 14.5. The number of carbonyl (C=O) groups excluding carboxylic acids is 1. The molecule has 26 heavy (non-hydrogen) atoms. The molecule has 1 saturated heterocycles. The van der Waals surface area contributed by atoms with Crippen molar-refractivity contribution in [2.75, 3.05) is 31.2 Å². The van der Waals surface area contributed by atoms with Crippen molar-refractivity contribution in [3.8, 4) is 0 Å². The van der Waals surface area contributed by atoms with Gasteiger partial charge in [-0.25, -0.2) is 8.42 Å². The van der Waals surface area contributed by atoms with E-state index in [1.54, 1.807) is 4.90 Å². The van der Waals surface area contributed by atoms with Gasteiger partial charge in [-0.1, -0.05) is 18.2 Å².